The van der Waals surface area contributed by atoms with Crippen molar-refractivity contribution in [3.05, 3.63) is 41.2 Å². The first-order valence-corrected chi connectivity index (χ1v) is 3.33. The Kier molecular flexibility index (Phi) is 2.70. The highest BCUT2D eigenvalue weighted by Crippen LogP contribution is 2.10. The van der Waals surface area contributed by atoms with E-state index >= 15 is 0 Å². The second-order valence-corrected chi connectivity index (χ2v) is 2.07. The minimum atomic E-state index is 0.0197. The van der Waals surface area contributed by atoms with E-state index < -0.39 is 0 Å². The van der Waals surface area contributed by atoms with Crippen LogP contribution >= 0.6 is 0 Å². The van der Waals surface area contributed by atoms with E-state index in [2.05, 4.69) is 4.85 Å². The molecule has 0 amide bonds. The molecule has 3 nitrogen and oxygen atoms in total. The van der Waals surface area contributed by atoms with E-state index in [1.54, 1.807) is 24.3 Å². The molecule has 0 atom stereocenters. The van der Waals surface area contributed by atoms with Crippen molar-refractivity contribution in [2.75, 3.05) is 6.73 Å². The van der Waals surface area contributed by atoms with Gasteiger partial charge in [0, 0.05) is 0 Å². The minimum absolute atomic E-state index is 0.0197. The van der Waals surface area contributed by atoms with Crippen molar-refractivity contribution in [3.8, 4) is 11.8 Å². The fourth-order valence-corrected chi connectivity index (χ4v) is 0.733. The maximum atomic E-state index is 8.47. The standard InChI is InChI=1S/C9H6N2O/c1-11-7-12-9-4-2-8(6-10)3-5-9/h2-5H,7H2. The van der Waals surface area contributed by atoms with E-state index in [4.69, 9.17) is 16.6 Å². The highest BCUT2D eigenvalue weighted by molar-refractivity contribution is 5.34. The third-order valence-corrected chi connectivity index (χ3v) is 1.28. The molecule has 0 aliphatic heterocycles. The van der Waals surface area contributed by atoms with E-state index in [0.29, 0.717) is 11.3 Å². The summed E-state index contributed by atoms with van der Waals surface area (Å²) in [5.74, 6) is 0.616. The van der Waals surface area contributed by atoms with Crippen LogP contribution in [0.25, 0.3) is 4.85 Å². The van der Waals surface area contributed by atoms with Crippen LogP contribution in [0.5, 0.6) is 5.75 Å². The summed E-state index contributed by atoms with van der Waals surface area (Å²) < 4.78 is 4.99. The van der Waals surface area contributed by atoms with Crippen LogP contribution in [0.15, 0.2) is 24.3 Å². The molecule has 0 saturated carbocycles. The number of nitriles is 1. The maximum absolute atomic E-state index is 8.47. The lowest BCUT2D eigenvalue weighted by Gasteiger charge is -1.97. The summed E-state index contributed by atoms with van der Waals surface area (Å²) in [6.45, 7) is 6.50. The van der Waals surface area contributed by atoms with Crippen LogP contribution in [0.2, 0.25) is 0 Å². The van der Waals surface area contributed by atoms with Crippen molar-refractivity contribution in [2.24, 2.45) is 0 Å². The molecule has 3 heteroatoms. The maximum Gasteiger partial charge on any atom is 0.357 e. The van der Waals surface area contributed by atoms with E-state index in [1.807, 2.05) is 6.07 Å². The van der Waals surface area contributed by atoms with Crippen LogP contribution in [0.3, 0.4) is 0 Å². The second-order valence-electron chi connectivity index (χ2n) is 2.07. The lowest BCUT2D eigenvalue weighted by atomic mass is 10.2. The molecule has 12 heavy (non-hydrogen) atoms. The van der Waals surface area contributed by atoms with Crippen LogP contribution in [0.1, 0.15) is 5.56 Å². The quantitative estimate of drug-likeness (QED) is 0.615. The predicted molar refractivity (Wildman–Crippen MR) is 43.3 cm³/mol. The molecule has 0 aliphatic rings. The zero-order chi connectivity index (χ0) is 8.81. The van der Waals surface area contributed by atoms with Crippen LogP contribution in [0, 0.1) is 17.9 Å². The highest BCUT2D eigenvalue weighted by Gasteiger charge is 1.93. The average molecular weight is 158 g/mol. The first-order chi connectivity index (χ1) is 5.86. The number of hydrogen-bond donors (Lipinski definition) is 0. The Morgan fingerprint density at radius 3 is 2.58 bits per heavy atom. The van der Waals surface area contributed by atoms with Crippen LogP contribution in [-0.2, 0) is 0 Å². The van der Waals surface area contributed by atoms with Gasteiger partial charge >= 0.3 is 6.73 Å². The summed E-state index contributed by atoms with van der Waals surface area (Å²) in [4.78, 5) is 3.04. The molecule has 0 spiro atoms. The molecule has 1 rings (SSSR count). The summed E-state index contributed by atoms with van der Waals surface area (Å²) in [5, 5.41) is 8.47. The molecule has 0 unspecified atom stereocenters. The van der Waals surface area contributed by atoms with Crippen molar-refractivity contribution in [2.45, 2.75) is 0 Å². The third-order valence-electron chi connectivity index (χ3n) is 1.28. The van der Waals surface area contributed by atoms with Gasteiger partial charge in [-0.25, -0.2) is 6.57 Å². The van der Waals surface area contributed by atoms with Gasteiger partial charge in [-0.15, -0.1) is 0 Å². The Balaban J connectivity index is 2.68. The molecule has 1 aromatic carbocycles. The molecule has 0 aliphatic carbocycles. The number of benzene rings is 1. The molecular weight excluding hydrogens is 152 g/mol. The molecule has 0 N–H and O–H groups in total. The monoisotopic (exact) mass is 158 g/mol. The Morgan fingerprint density at radius 1 is 1.42 bits per heavy atom. The first-order valence-electron chi connectivity index (χ1n) is 3.33. The number of rotatable bonds is 2. The number of nitrogens with zero attached hydrogens (tertiary/aromatic N) is 2. The summed E-state index contributed by atoms with van der Waals surface area (Å²) >= 11 is 0. The van der Waals surface area contributed by atoms with Gasteiger partial charge < -0.3 is 4.74 Å². The van der Waals surface area contributed by atoms with Crippen molar-refractivity contribution in [1.82, 2.24) is 0 Å². The molecule has 58 valence electrons. The third kappa shape index (κ3) is 2.00. The van der Waals surface area contributed by atoms with Gasteiger partial charge in [0.25, 0.3) is 0 Å². The lowest BCUT2D eigenvalue weighted by molar-refractivity contribution is 0.361. The van der Waals surface area contributed by atoms with E-state index in [-0.39, 0.29) is 6.73 Å². The van der Waals surface area contributed by atoms with E-state index in [1.165, 1.54) is 0 Å². The van der Waals surface area contributed by atoms with Crippen molar-refractivity contribution in [3.63, 3.8) is 0 Å². The largest absolute Gasteiger partial charge is 0.426 e. The van der Waals surface area contributed by atoms with Gasteiger partial charge in [0.2, 0.25) is 0 Å². The molecule has 0 radical (unpaired) electrons. The number of hydrogen-bond acceptors (Lipinski definition) is 2. The SMILES string of the molecule is [C-]#[N+]COc1ccc(C#N)cc1. The molecule has 1 aromatic rings. The zero-order valence-electron chi connectivity index (χ0n) is 6.32. The van der Waals surface area contributed by atoms with Crippen molar-refractivity contribution in [1.29, 1.82) is 5.26 Å². The summed E-state index contributed by atoms with van der Waals surface area (Å²) in [5.41, 5.74) is 0.588. The zero-order valence-corrected chi connectivity index (χ0v) is 6.32. The average Bonchev–Trinajstić information content (AvgIpc) is 2.15. The van der Waals surface area contributed by atoms with Gasteiger partial charge in [0.1, 0.15) is 5.75 Å². The van der Waals surface area contributed by atoms with Crippen LogP contribution < -0.4 is 4.74 Å². The molecule has 0 heterocycles. The molecule has 0 aromatic heterocycles. The molecular formula is C9H6N2O. The predicted octanol–water partition coefficient (Wildman–Crippen LogP) is 1.81. The first kappa shape index (κ1) is 8.10. The number of ether oxygens (including phenoxy) is 1. The summed E-state index contributed by atoms with van der Waals surface area (Å²) in [6.07, 6.45) is 0. The van der Waals surface area contributed by atoms with Crippen molar-refractivity contribution >= 4 is 0 Å². The van der Waals surface area contributed by atoms with Gasteiger partial charge in [0.05, 0.1) is 11.6 Å². The Bertz CT molecular complexity index is 329. The Hall–Kier alpha value is -2.00. The topological polar surface area (TPSA) is 37.4 Å². The van der Waals surface area contributed by atoms with Gasteiger partial charge in [-0.1, -0.05) is 0 Å². The van der Waals surface area contributed by atoms with Crippen molar-refractivity contribution < 1.29 is 4.74 Å². The summed E-state index contributed by atoms with van der Waals surface area (Å²) in [7, 11) is 0. The smallest absolute Gasteiger partial charge is 0.357 e. The second kappa shape index (κ2) is 4.00. The summed E-state index contributed by atoms with van der Waals surface area (Å²) in [6, 6.07) is 8.64. The normalized spacial score (nSPS) is 8.17. The van der Waals surface area contributed by atoms with E-state index in [0.717, 1.165) is 0 Å². The minimum Gasteiger partial charge on any atom is -0.426 e. The fraction of sp³-hybridized carbons (Fsp3) is 0.111. The Labute approximate surface area is 70.6 Å². The van der Waals surface area contributed by atoms with Gasteiger partial charge in [-0.2, -0.15) is 5.26 Å². The van der Waals surface area contributed by atoms with E-state index in [9.17, 15) is 0 Å². The van der Waals surface area contributed by atoms with Gasteiger partial charge in [0.15, 0.2) is 0 Å². The van der Waals surface area contributed by atoms with Gasteiger partial charge in [-0.3, -0.25) is 4.85 Å². The highest BCUT2D eigenvalue weighted by atomic mass is 16.5. The fourth-order valence-electron chi connectivity index (χ4n) is 0.733. The Morgan fingerprint density at radius 2 is 2.08 bits per heavy atom. The molecule has 0 fully saturated rings. The van der Waals surface area contributed by atoms with Crippen LogP contribution in [0.4, 0.5) is 0 Å². The van der Waals surface area contributed by atoms with Gasteiger partial charge in [-0.05, 0) is 24.3 Å². The lowest BCUT2D eigenvalue weighted by Crippen LogP contribution is -1.90. The molecule has 0 saturated heterocycles. The molecule has 0 bridgehead atoms. The van der Waals surface area contributed by atoms with Crippen LogP contribution in [-0.4, -0.2) is 6.73 Å².